The van der Waals surface area contributed by atoms with Gasteiger partial charge in [0, 0.05) is 23.2 Å². The average Bonchev–Trinajstić information content (AvgIpc) is 2.47. The molecule has 0 spiro atoms. The number of aromatic nitrogens is 3. The minimum atomic E-state index is -0.343. The van der Waals surface area contributed by atoms with E-state index in [1.54, 1.807) is 29.0 Å². The van der Waals surface area contributed by atoms with Crippen LogP contribution in [0.5, 0.6) is 0 Å². The molecule has 3 rings (SSSR count). The van der Waals surface area contributed by atoms with Crippen LogP contribution in [0.1, 0.15) is 19.9 Å². The Morgan fingerprint density at radius 1 is 1.23 bits per heavy atom. The van der Waals surface area contributed by atoms with E-state index in [2.05, 4.69) is 9.97 Å². The van der Waals surface area contributed by atoms with E-state index >= 15 is 0 Å². The maximum Gasteiger partial charge on any atom is 0.260 e. The van der Waals surface area contributed by atoms with Crippen molar-refractivity contribution in [3.05, 3.63) is 52.7 Å². The molecule has 0 amide bonds. The molecular weight excluding hydrogens is 283 g/mol. The molecule has 0 fully saturated rings. The Hall–Kier alpha value is -2.76. The minimum absolute atomic E-state index is 0.0929. The van der Waals surface area contributed by atoms with Gasteiger partial charge in [-0.25, -0.2) is 9.37 Å². The van der Waals surface area contributed by atoms with E-state index < -0.39 is 0 Å². The Kier molecular flexibility index (Phi) is 3.36. The van der Waals surface area contributed by atoms with Gasteiger partial charge < -0.3 is 5.73 Å². The van der Waals surface area contributed by atoms with Gasteiger partial charge in [-0.3, -0.25) is 9.36 Å². The molecule has 0 unspecified atom stereocenters. The summed E-state index contributed by atoms with van der Waals surface area (Å²) >= 11 is 0. The molecule has 2 heterocycles. The monoisotopic (exact) mass is 298 g/mol. The second-order valence-electron chi connectivity index (χ2n) is 5.34. The van der Waals surface area contributed by atoms with Crippen molar-refractivity contribution < 1.29 is 4.39 Å². The molecule has 3 aromatic rings. The highest BCUT2D eigenvalue weighted by Crippen LogP contribution is 2.22. The molecule has 0 saturated heterocycles. The predicted octanol–water partition coefficient (Wildman–Crippen LogP) is 2.76. The van der Waals surface area contributed by atoms with Crippen LogP contribution in [0.25, 0.3) is 22.2 Å². The summed E-state index contributed by atoms with van der Waals surface area (Å²) in [5, 5.41) is 0.710. The van der Waals surface area contributed by atoms with Gasteiger partial charge in [-0.2, -0.15) is 4.98 Å². The number of nitrogen functional groups attached to an aromatic ring is 1. The Morgan fingerprint density at radius 3 is 2.55 bits per heavy atom. The van der Waals surface area contributed by atoms with E-state index in [1.807, 2.05) is 13.8 Å². The van der Waals surface area contributed by atoms with Gasteiger partial charge in [0.15, 0.2) is 0 Å². The summed E-state index contributed by atoms with van der Waals surface area (Å²) in [7, 11) is 0. The molecule has 0 saturated carbocycles. The van der Waals surface area contributed by atoms with E-state index in [-0.39, 0.29) is 23.4 Å². The highest BCUT2D eigenvalue weighted by Gasteiger charge is 2.14. The fourth-order valence-corrected chi connectivity index (χ4v) is 2.45. The third kappa shape index (κ3) is 2.32. The van der Waals surface area contributed by atoms with Crippen LogP contribution >= 0.6 is 0 Å². The van der Waals surface area contributed by atoms with Gasteiger partial charge in [0.25, 0.3) is 5.56 Å². The maximum atomic E-state index is 13.1. The van der Waals surface area contributed by atoms with Gasteiger partial charge in [0.2, 0.25) is 5.95 Å². The number of fused-ring (bicyclic) bond motifs is 1. The molecule has 5 nitrogen and oxygen atoms in total. The van der Waals surface area contributed by atoms with Crippen LogP contribution in [-0.2, 0) is 0 Å². The molecule has 0 radical (unpaired) electrons. The molecule has 0 aliphatic rings. The maximum absolute atomic E-state index is 13.1. The molecule has 0 aliphatic carbocycles. The molecule has 2 aromatic heterocycles. The smallest absolute Gasteiger partial charge is 0.260 e. The number of benzene rings is 1. The lowest BCUT2D eigenvalue weighted by Crippen LogP contribution is -2.24. The van der Waals surface area contributed by atoms with Crippen molar-refractivity contribution in [2.75, 3.05) is 5.73 Å². The first-order valence-corrected chi connectivity index (χ1v) is 6.91. The van der Waals surface area contributed by atoms with Gasteiger partial charge in [-0.1, -0.05) is 12.1 Å². The van der Waals surface area contributed by atoms with Crippen molar-refractivity contribution >= 4 is 17.0 Å². The van der Waals surface area contributed by atoms with Gasteiger partial charge in [0.05, 0.1) is 0 Å². The second kappa shape index (κ2) is 5.22. The van der Waals surface area contributed by atoms with Gasteiger partial charge in [-0.15, -0.1) is 0 Å². The quantitative estimate of drug-likeness (QED) is 0.789. The van der Waals surface area contributed by atoms with Crippen LogP contribution in [-0.4, -0.2) is 14.5 Å². The first-order chi connectivity index (χ1) is 10.5. The van der Waals surface area contributed by atoms with Crippen molar-refractivity contribution in [3.63, 3.8) is 0 Å². The van der Waals surface area contributed by atoms with Crippen LogP contribution in [0.15, 0.2) is 41.3 Å². The number of nitrogens with zero attached hydrogens (tertiary/aromatic N) is 3. The van der Waals surface area contributed by atoms with Crippen LogP contribution in [0, 0.1) is 5.82 Å². The molecule has 0 aliphatic heterocycles. The van der Waals surface area contributed by atoms with Gasteiger partial charge in [0.1, 0.15) is 11.5 Å². The zero-order chi connectivity index (χ0) is 15.9. The molecule has 22 heavy (non-hydrogen) atoms. The van der Waals surface area contributed by atoms with Crippen molar-refractivity contribution in [1.29, 1.82) is 0 Å². The summed E-state index contributed by atoms with van der Waals surface area (Å²) in [6.07, 6.45) is 1.59. The van der Waals surface area contributed by atoms with E-state index in [4.69, 9.17) is 5.73 Å². The Bertz CT molecular complexity index is 900. The molecule has 112 valence electrons. The average molecular weight is 298 g/mol. The molecule has 1 aromatic carbocycles. The van der Waals surface area contributed by atoms with Crippen molar-refractivity contribution in [1.82, 2.24) is 14.5 Å². The van der Waals surface area contributed by atoms with E-state index in [9.17, 15) is 9.18 Å². The summed E-state index contributed by atoms with van der Waals surface area (Å²) in [4.78, 5) is 20.9. The fourth-order valence-electron chi connectivity index (χ4n) is 2.45. The number of pyridine rings is 1. The lowest BCUT2D eigenvalue weighted by Gasteiger charge is -2.15. The Balaban J connectivity index is 2.37. The van der Waals surface area contributed by atoms with Gasteiger partial charge in [-0.05, 0) is 37.6 Å². The third-order valence-electron chi connectivity index (χ3n) is 3.46. The van der Waals surface area contributed by atoms with E-state index in [0.717, 1.165) is 0 Å². The van der Waals surface area contributed by atoms with Gasteiger partial charge >= 0.3 is 0 Å². The SMILES string of the molecule is CC(C)n1c(=O)c(-c2ccc(F)cc2)cc2cnc(N)nc21. The topological polar surface area (TPSA) is 73.8 Å². The van der Waals surface area contributed by atoms with Crippen LogP contribution in [0.4, 0.5) is 10.3 Å². The standard InChI is InChI=1S/C16H15FN4O/c1-9(2)21-14-11(8-19-16(18)20-14)7-13(15(21)22)10-3-5-12(17)6-4-10/h3-9H,1-2H3,(H2,18,19,20). The lowest BCUT2D eigenvalue weighted by molar-refractivity contribution is 0.596. The predicted molar refractivity (Wildman–Crippen MR) is 84.0 cm³/mol. The second-order valence-corrected chi connectivity index (χ2v) is 5.34. The number of halogens is 1. The van der Waals surface area contributed by atoms with Crippen molar-refractivity contribution in [2.45, 2.75) is 19.9 Å². The minimum Gasteiger partial charge on any atom is -0.368 e. The Labute approximate surface area is 126 Å². The Morgan fingerprint density at radius 2 is 1.91 bits per heavy atom. The zero-order valence-corrected chi connectivity index (χ0v) is 12.2. The molecule has 0 atom stereocenters. The van der Waals surface area contributed by atoms with Crippen LogP contribution in [0.3, 0.4) is 0 Å². The summed E-state index contributed by atoms with van der Waals surface area (Å²) in [5.41, 5.74) is 7.07. The number of rotatable bonds is 2. The number of hydrogen-bond acceptors (Lipinski definition) is 4. The first-order valence-electron chi connectivity index (χ1n) is 6.91. The van der Waals surface area contributed by atoms with Crippen molar-refractivity contribution in [3.8, 4) is 11.1 Å². The number of nitrogens with two attached hydrogens (primary N) is 1. The summed E-state index contributed by atoms with van der Waals surface area (Å²) in [6.45, 7) is 3.79. The van der Waals surface area contributed by atoms with E-state index in [1.165, 1.54) is 12.1 Å². The fraction of sp³-hybridized carbons (Fsp3) is 0.188. The summed E-state index contributed by atoms with van der Waals surface area (Å²) in [6, 6.07) is 7.45. The van der Waals surface area contributed by atoms with Crippen LogP contribution in [0.2, 0.25) is 0 Å². The van der Waals surface area contributed by atoms with Crippen LogP contribution < -0.4 is 11.3 Å². The largest absolute Gasteiger partial charge is 0.368 e. The summed E-state index contributed by atoms with van der Waals surface area (Å²) < 4.78 is 14.7. The normalized spacial score (nSPS) is 11.3. The van der Waals surface area contributed by atoms with Crippen molar-refractivity contribution in [2.24, 2.45) is 0 Å². The number of hydrogen-bond donors (Lipinski definition) is 1. The highest BCUT2D eigenvalue weighted by atomic mass is 19.1. The molecule has 2 N–H and O–H groups in total. The molecule has 6 heteroatoms. The number of anilines is 1. The molecular formula is C16H15FN4O. The molecule has 0 bridgehead atoms. The highest BCUT2D eigenvalue weighted by molar-refractivity contribution is 5.81. The lowest BCUT2D eigenvalue weighted by atomic mass is 10.1. The summed E-state index contributed by atoms with van der Waals surface area (Å²) in [5.74, 6) is -0.222. The first kappa shape index (κ1) is 14.2. The zero-order valence-electron chi connectivity index (χ0n) is 12.2. The third-order valence-corrected chi connectivity index (χ3v) is 3.46. The van der Waals surface area contributed by atoms with E-state index in [0.29, 0.717) is 22.2 Å².